The highest BCUT2D eigenvalue weighted by Gasteiger charge is 2.28. The molecule has 10 nitrogen and oxygen atoms in total. The van der Waals surface area contributed by atoms with Crippen molar-refractivity contribution in [3.63, 3.8) is 0 Å². The Labute approximate surface area is 156 Å². The van der Waals surface area contributed by atoms with Crippen molar-refractivity contribution >= 4 is 29.9 Å². The van der Waals surface area contributed by atoms with Gasteiger partial charge >= 0.3 is 12.2 Å². The number of anilines is 1. The molecule has 2 N–H and O–H groups in total. The van der Waals surface area contributed by atoms with Crippen LogP contribution in [0.25, 0.3) is 0 Å². The molecule has 0 radical (unpaired) electrons. The molecule has 2 amide bonds. The number of nitrogens with zero attached hydrogens (tertiary/aromatic N) is 4. The maximum absolute atomic E-state index is 12.0. The number of hydrogen-bond donors (Lipinski definition) is 2. The van der Waals surface area contributed by atoms with Gasteiger partial charge in [-0.05, 0) is 18.2 Å². The van der Waals surface area contributed by atoms with Crippen molar-refractivity contribution in [1.29, 1.82) is 5.26 Å². The number of carbonyl (C=O) groups excluding carboxylic acids is 1. The van der Waals surface area contributed by atoms with E-state index in [0.717, 1.165) is 0 Å². The SMILES string of the molecule is CN(C)/C=N/c1ccc(NC(=O)OC[C@@H]2COCCN2C(=O)O)cc1C#N. The van der Waals surface area contributed by atoms with Gasteiger partial charge in [-0.2, -0.15) is 5.26 Å². The van der Waals surface area contributed by atoms with E-state index >= 15 is 0 Å². The fraction of sp³-hybridized carbons (Fsp3) is 0.412. The molecule has 0 spiro atoms. The van der Waals surface area contributed by atoms with Crippen LogP contribution in [0.2, 0.25) is 0 Å². The van der Waals surface area contributed by atoms with Gasteiger partial charge in [0.05, 0.1) is 36.8 Å². The summed E-state index contributed by atoms with van der Waals surface area (Å²) < 4.78 is 10.3. The van der Waals surface area contributed by atoms with E-state index in [1.807, 2.05) is 20.2 Å². The summed E-state index contributed by atoms with van der Waals surface area (Å²) >= 11 is 0. The Morgan fingerprint density at radius 3 is 3.00 bits per heavy atom. The van der Waals surface area contributed by atoms with Crippen LogP contribution in [0.4, 0.5) is 21.0 Å². The molecule has 2 rings (SSSR count). The predicted molar refractivity (Wildman–Crippen MR) is 97.3 cm³/mol. The number of nitrogens with one attached hydrogen (secondary N) is 1. The molecule has 27 heavy (non-hydrogen) atoms. The zero-order valence-electron chi connectivity index (χ0n) is 15.1. The molecule has 0 aromatic heterocycles. The Kier molecular flexibility index (Phi) is 6.96. The first-order valence-corrected chi connectivity index (χ1v) is 8.16. The average Bonchev–Trinajstić information content (AvgIpc) is 2.65. The lowest BCUT2D eigenvalue weighted by atomic mass is 10.2. The summed E-state index contributed by atoms with van der Waals surface area (Å²) in [5.41, 5.74) is 1.14. The van der Waals surface area contributed by atoms with Crippen LogP contribution in [-0.2, 0) is 9.47 Å². The quantitative estimate of drug-likeness (QED) is 0.592. The lowest BCUT2D eigenvalue weighted by Crippen LogP contribution is -2.50. The van der Waals surface area contributed by atoms with Crippen LogP contribution in [-0.4, -0.2) is 79.9 Å². The van der Waals surface area contributed by atoms with Crippen molar-refractivity contribution in [2.75, 3.05) is 45.8 Å². The number of aliphatic imine (C=N–C) groups is 1. The molecule has 0 aliphatic carbocycles. The van der Waals surface area contributed by atoms with Gasteiger partial charge < -0.3 is 19.5 Å². The predicted octanol–water partition coefficient (Wildman–Crippen LogP) is 1.71. The minimum Gasteiger partial charge on any atom is -0.465 e. The molecule has 0 unspecified atom stereocenters. The van der Waals surface area contributed by atoms with Crippen molar-refractivity contribution in [2.45, 2.75) is 6.04 Å². The highest BCUT2D eigenvalue weighted by Crippen LogP contribution is 2.22. The van der Waals surface area contributed by atoms with Crippen LogP contribution in [0.3, 0.4) is 0 Å². The molecular formula is C17H21N5O5. The fourth-order valence-electron chi connectivity index (χ4n) is 2.36. The lowest BCUT2D eigenvalue weighted by molar-refractivity contribution is -0.0203. The number of morpholine rings is 1. The van der Waals surface area contributed by atoms with Crippen molar-refractivity contribution < 1.29 is 24.2 Å². The summed E-state index contributed by atoms with van der Waals surface area (Å²) in [5.74, 6) is 0. The van der Waals surface area contributed by atoms with Gasteiger partial charge in [-0.1, -0.05) is 0 Å². The van der Waals surface area contributed by atoms with Crippen molar-refractivity contribution in [3.05, 3.63) is 23.8 Å². The molecule has 1 aliphatic rings. The summed E-state index contributed by atoms with van der Waals surface area (Å²) in [6.45, 7) is 0.575. The molecule has 0 saturated carbocycles. The van der Waals surface area contributed by atoms with Gasteiger partial charge in [0.15, 0.2) is 0 Å². The second-order valence-electron chi connectivity index (χ2n) is 5.98. The van der Waals surface area contributed by atoms with E-state index in [4.69, 9.17) is 14.6 Å². The molecule has 1 saturated heterocycles. The van der Waals surface area contributed by atoms with E-state index in [-0.39, 0.29) is 19.8 Å². The normalized spacial score (nSPS) is 16.6. The number of carboxylic acid groups (broad SMARTS) is 1. The minimum atomic E-state index is -1.08. The monoisotopic (exact) mass is 375 g/mol. The number of nitriles is 1. The first-order chi connectivity index (χ1) is 12.9. The fourth-order valence-corrected chi connectivity index (χ4v) is 2.36. The third-order valence-corrected chi connectivity index (χ3v) is 3.67. The lowest BCUT2D eigenvalue weighted by Gasteiger charge is -2.32. The van der Waals surface area contributed by atoms with Gasteiger partial charge in [0.1, 0.15) is 12.7 Å². The maximum Gasteiger partial charge on any atom is 0.411 e. The Morgan fingerprint density at radius 2 is 2.33 bits per heavy atom. The van der Waals surface area contributed by atoms with Crippen LogP contribution >= 0.6 is 0 Å². The Morgan fingerprint density at radius 1 is 1.56 bits per heavy atom. The maximum atomic E-state index is 12.0. The molecule has 1 aromatic carbocycles. The van der Waals surface area contributed by atoms with Crippen molar-refractivity contribution in [1.82, 2.24) is 9.80 Å². The summed E-state index contributed by atoms with van der Waals surface area (Å²) in [7, 11) is 3.62. The number of rotatable bonds is 5. The van der Waals surface area contributed by atoms with Gasteiger partial charge in [-0.25, -0.2) is 14.6 Å². The highest BCUT2D eigenvalue weighted by atomic mass is 16.6. The number of carbonyl (C=O) groups is 2. The first kappa shape index (κ1) is 20.0. The van der Waals surface area contributed by atoms with Crippen LogP contribution in [0.15, 0.2) is 23.2 Å². The van der Waals surface area contributed by atoms with Crippen LogP contribution in [0.5, 0.6) is 0 Å². The van der Waals surface area contributed by atoms with E-state index in [9.17, 15) is 14.9 Å². The van der Waals surface area contributed by atoms with Gasteiger partial charge in [-0.3, -0.25) is 10.2 Å². The second-order valence-corrected chi connectivity index (χ2v) is 5.98. The smallest absolute Gasteiger partial charge is 0.411 e. The number of benzene rings is 1. The highest BCUT2D eigenvalue weighted by molar-refractivity contribution is 5.85. The van der Waals surface area contributed by atoms with Crippen LogP contribution in [0, 0.1) is 11.3 Å². The molecule has 144 valence electrons. The van der Waals surface area contributed by atoms with E-state index in [1.165, 1.54) is 11.0 Å². The minimum absolute atomic E-state index is 0.131. The van der Waals surface area contributed by atoms with Crippen molar-refractivity contribution in [3.8, 4) is 6.07 Å². The Balaban J connectivity index is 1.95. The Hall–Kier alpha value is -3.32. The Bertz CT molecular complexity index is 759. The van der Waals surface area contributed by atoms with Gasteiger partial charge in [0.25, 0.3) is 0 Å². The van der Waals surface area contributed by atoms with E-state index in [0.29, 0.717) is 23.5 Å². The average molecular weight is 375 g/mol. The summed E-state index contributed by atoms with van der Waals surface area (Å²) in [6, 6.07) is 6.15. The second kappa shape index (κ2) is 9.40. The van der Waals surface area contributed by atoms with Gasteiger partial charge in [0, 0.05) is 26.3 Å². The van der Waals surface area contributed by atoms with Gasteiger partial charge in [-0.15, -0.1) is 0 Å². The third kappa shape index (κ3) is 5.86. The topological polar surface area (TPSA) is 127 Å². The number of ether oxygens (including phenoxy) is 2. The number of amides is 2. The van der Waals surface area contributed by atoms with Crippen molar-refractivity contribution in [2.24, 2.45) is 4.99 Å². The molecule has 1 aromatic rings. The van der Waals surface area contributed by atoms with E-state index in [2.05, 4.69) is 10.3 Å². The first-order valence-electron chi connectivity index (χ1n) is 8.16. The van der Waals surface area contributed by atoms with Crippen LogP contribution in [0.1, 0.15) is 5.56 Å². The molecule has 10 heteroatoms. The number of hydrogen-bond acceptors (Lipinski definition) is 6. The molecular weight excluding hydrogens is 354 g/mol. The zero-order chi connectivity index (χ0) is 19.8. The summed E-state index contributed by atoms with van der Waals surface area (Å²) in [6.07, 6.45) is -0.267. The van der Waals surface area contributed by atoms with Gasteiger partial charge in [0.2, 0.25) is 0 Å². The van der Waals surface area contributed by atoms with Crippen LogP contribution < -0.4 is 5.32 Å². The molecule has 1 fully saturated rings. The standard InChI is InChI=1S/C17H21N5O5/c1-21(2)11-19-15-4-3-13(7-12(15)8-18)20-16(23)27-10-14-9-26-6-5-22(14)17(24)25/h3-4,7,11,14H,5-6,9-10H2,1-2H3,(H,20,23)(H,24,25)/b19-11+/t14-/m0/s1. The molecule has 1 aliphatic heterocycles. The zero-order valence-corrected chi connectivity index (χ0v) is 15.1. The van der Waals surface area contributed by atoms with E-state index < -0.39 is 18.2 Å². The summed E-state index contributed by atoms with van der Waals surface area (Å²) in [4.78, 5) is 30.2. The third-order valence-electron chi connectivity index (χ3n) is 3.67. The molecule has 1 atom stereocenters. The largest absolute Gasteiger partial charge is 0.465 e. The van der Waals surface area contributed by atoms with E-state index in [1.54, 1.807) is 23.4 Å². The summed E-state index contributed by atoms with van der Waals surface area (Å²) in [5, 5.41) is 20.9. The molecule has 1 heterocycles. The molecule has 0 bridgehead atoms.